The molecule has 0 saturated carbocycles. The van der Waals surface area contributed by atoms with Gasteiger partial charge in [-0.3, -0.25) is 0 Å². The summed E-state index contributed by atoms with van der Waals surface area (Å²) in [6.45, 7) is 0. The van der Waals surface area contributed by atoms with E-state index >= 15 is 0 Å². The molecule has 1 heterocycles. The number of halogens is 2. The van der Waals surface area contributed by atoms with Gasteiger partial charge in [0.15, 0.2) is 0 Å². The number of ether oxygens (including phenoxy) is 2. The van der Waals surface area contributed by atoms with E-state index in [-0.39, 0.29) is 5.82 Å². The molecule has 0 N–H and O–H groups in total. The molecule has 0 amide bonds. The topological polar surface area (TPSA) is 31.4 Å². The van der Waals surface area contributed by atoms with Crippen molar-refractivity contribution < 1.29 is 13.9 Å². The first-order valence-electron chi connectivity index (χ1n) is 4.82. The molecule has 0 atom stereocenters. The van der Waals surface area contributed by atoms with Crippen molar-refractivity contribution in [2.75, 3.05) is 7.11 Å². The van der Waals surface area contributed by atoms with Gasteiger partial charge < -0.3 is 9.47 Å². The molecule has 0 radical (unpaired) electrons. The molecule has 2 aromatic rings. The Hall–Kier alpha value is -1.62. The quantitative estimate of drug-likeness (QED) is 0.864. The SMILES string of the molecule is COc1ccc(Oc2ccc(Br)c(F)c2)nc1. The average Bonchev–Trinajstić information content (AvgIpc) is 2.35. The van der Waals surface area contributed by atoms with Crippen molar-refractivity contribution in [1.82, 2.24) is 4.98 Å². The van der Waals surface area contributed by atoms with Gasteiger partial charge in [0.05, 0.1) is 17.8 Å². The molecule has 0 aliphatic rings. The van der Waals surface area contributed by atoms with Crippen LogP contribution in [0.3, 0.4) is 0 Å². The fraction of sp³-hybridized carbons (Fsp3) is 0.0833. The Kier molecular flexibility index (Phi) is 3.58. The van der Waals surface area contributed by atoms with Crippen LogP contribution in [0.15, 0.2) is 41.0 Å². The number of hydrogen-bond donors (Lipinski definition) is 0. The first-order valence-corrected chi connectivity index (χ1v) is 5.61. The fourth-order valence-corrected chi connectivity index (χ4v) is 1.46. The second kappa shape index (κ2) is 5.14. The van der Waals surface area contributed by atoms with E-state index in [1.54, 1.807) is 31.4 Å². The first-order chi connectivity index (χ1) is 8.19. The van der Waals surface area contributed by atoms with Crippen LogP contribution in [0.4, 0.5) is 4.39 Å². The highest BCUT2D eigenvalue weighted by molar-refractivity contribution is 9.10. The normalized spacial score (nSPS) is 10.1. The maximum Gasteiger partial charge on any atom is 0.219 e. The summed E-state index contributed by atoms with van der Waals surface area (Å²) in [5, 5.41) is 0. The van der Waals surface area contributed by atoms with Gasteiger partial charge in [0.25, 0.3) is 0 Å². The second-order valence-electron chi connectivity index (χ2n) is 3.21. The lowest BCUT2D eigenvalue weighted by atomic mass is 10.3. The molecular formula is C12H9BrFNO2. The minimum atomic E-state index is -0.379. The molecule has 1 aromatic carbocycles. The van der Waals surface area contributed by atoms with E-state index in [2.05, 4.69) is 20.9 Å². The highest BCUT2D eigenvalue weighted by Crippen LogP contribution is 2.25. The second-order valence-corrected chi connectivity index (χ2v) is 4.07. The molecule has 0 unspecified atom stereocenters. The van der Waals surface area contributed by atoms with Crippen molar-refractivity contribution in [2.45, 2.75) is 0 Å². The molecule has 5 heteroatoms. The molecular weight excluding hydrogens is 289 g/mol. The van der Waals surface area contributed by atoms with Crippen molar-refractivity contribution in [2.24, 2.45) is 0 Å². The van der Waals surface area contributed by atoms with E-state index in [1.807, 2.05) is 0 Å². The zero-order valence-corrected chi connectivity index (χ0v) is 10.6. The summed E-state index contributed by atoms with van der Waals surface area (Å²) in [6, 6.07) is 7.89. The lowest BCUT2D eigenvalue weighted by Gasteiger charge is -2.05. The van der Waals surface area contributed by atoms with Gasteiger partial charge in [-0.2, -0.15) is 0 Å². The molecule has 0 aliphatic carbocycles. The van der Waals surface area contributed by atoms with Gasteiger partial charge in [0, 0.05) is 12.1 Å². The summed E-state index contributed by atoms with van der Waals surface area (Å²) in [4.78, 5) is 4.02. The van der Waals surface area contributed by atoms with Crippen LogP contribution in [0.5, 0.6) is 17.4 Å². The average molecular weight is 298 g/mol. The summed E-state index contributed by atoms with van der Waals surface area (Å²) in [7, 11) is 1.56. The zero-order valence-electron chi connectivity index (χ0n) is 8.98. The zero-order chi connectivity index (χ0) is 12.3. The number of nitrogens with zero attached hydrogens (tertiary/aromatic N) is 1. The van der Waals surface area contributed by atoms with Crippen LogP contribution >= 0.6 is 15.9 Å². The van der Waals surface area contributed by atoms with Gasteiger partial charge in [0.2, 0.25) is 5.88 Å². The molecule has 17 heavy (non-hydrogen) atoms. The Labute approximate surface area is 106 Å². The molecule has 0 bridgehead atoms. The van der Waals surface area contributed by atoms with Gasteiger partial charge >= 0.3 is 0 Å². The summed E-state index contributed by atoms with van der Waals surface area (Å²) in [6.07, 6.45) is 1.53. The Balaban J connectivity index is 2.16. The third kappa shape index (κ3) is 2.94. The maximum absolute atomic E-state index is 13.2. The van der Waals surface area contributed by atoms with E-state index in [9.17, 15) is 4.39 Å². The number of hydrogen-bond acceptors (Lipinski definition) is 3. The number of pyridine rings is 1. The summed E-state index contributed by atoms with van der Waals surface area (Å²) in [5.41, 5.74) is 0. The summed E-state index contributed by atoms with van der Waals surface area (Å²) >= 11 is 3.07. The van der Waals surface area contributed by atoms with Crippen molar-refractivity contribution in [3.8, 4) is 17.4 Å². The van der Waals surface area contributed by atoms with Gasteiger partial charge in [0.1, 0.15) is 17.3 Å². The molecule has 3 nitrogen and oxygen atoms in total. The Bertz CT molecular complexity index is 516. The Morgan fingerprint density at radius 2 is 1.94 bits per heavy atom. The number of benzene rings is 1. The third-order valence-electron chi connectivity index (χ3n) is 2.06. The van der Waals surface area contributed by atoms with Crippen LogP contribution in [0.25, 0.3) is 0 Å². The van der Waals surface area contributed by atoms with Crippen molar-refractivity contribution >= 4 is 15.9 Å². The third-order valence-corrected chi connectivity index (χ3v) is 2.70. The van der Waals surface area contributed by atoms with Gasteiger partial charge in [-0.1, -0.05) is 0 Å². The lowest BCUT2D eigenvalue weighted by molar-refractivity contribution is 0.407. The van der Waals surface area contributed by atoms with E-state index < -0.39 is 0 Å². The Morgan fingerprint density at radius 1 is 1.18 bits per heavy atom. The molecule has 0 fully saturated rings. The predicted molar refractivity (Wildman–Crippen MR) is 65.0 cm³/mol. The molecule has 88 valence electrons. The maximum atomic E-state index is 13.2. The monoisotopic (exact) mass is 297 g/mol. The Morgan fingerprint density at radius 3 is 2.53 bits per heavy atom. The van der Waals surface area contributed by atoms with Crippen LogP contribution in [0, 0.1) is 5.82 Å². The summed E-state index contributed by atoms with van der Waals surface area (Å²) in [5.74, 6) is 1.03. The number of aromatic nitrogens is 1. The standard InChI is InChI=1S/C12H9BrFNO2/c1-16-9-3-5-12(15-7-9)17-8-2-4-10(13)11(14)6-8/h2-7H,1H3. The number of methoxy groups -OCH3 is 1. The van der Waals surface area contributed by atoms with E-state index in [0.29, 0.717) is 21.9 Å². The van der Waals surface area contributed by atoms with Crippen LogP contribution < -0.4 is 9.47 Å². The molecule has 0 saturated heterocycles. The van der Waals surface area contributed by atoms with Crippen molar-refractivity contribution in [3.05, 3.63) is 46.8 Å². The smallest absolute Gasteiger partial charge is 0.219 e. The number of rotatable bonds is 3. The minimum Gasteiger partial charge on any atom is -0.495 e. The lowest BCUT2D eigenvalue weighted by Crippen LogP contribution is -1.90. The van der Waals surface area contributed by atoms with Crippen molar-refractivity contribution in [1.29, 1.82) is 0 Å². The fourth-order valence-electron chi connectivity index (χ4n) is 1.21. The van der Waals surface area contributed by atoms with Gasteiger partial charge in [-0.25, -0.2) is 9.37 Å². The van der Waals surface area contributed by atoms with E-state index in [4.69, 9.17) is 9.47 Å². The molecule has 1 aromatic heterocycles. The van der Waals surface area contributed by atoms with Gasteiger partial charge in [-0.15, -0.1) is 0 Å². The highest BCUT2D eigenvalue weighted by atomic mass is 79.9. The van der Waals surface area contributed by atoms with Crippen LogP contribution in [-0.2, 0) is 0 Å². The molecule has 0 aliphatic heterocycles. The van der Waals surface area contributed by atoms with Crippen LogP contribution in [0.1, 0.15) is 0 Å². The van der Waals surface area contributed by atoms with Crippen molar-refractivity contribution in [3.63, 3.8) is 0 Å². The highest BCUT2D eigenvalue weighted by Gasteiger charge is 2.03. The van der Waals surface area contributed by atoms with Crippen LogP contribution in [0.2, 0.25) is 0 Å². The largest absolute Gasteiger partial charge is 0.495 e. The molecule has 0 spiro atoms. The summed E-state index contributed by atoms with van der Waals surface area (Å²) < 4.78 is 24.0. The first kappa shape index (κ1) is 11.9. The van der Waals surface area contributed by atoms with E-state index in [0.717, 1.165) is 0 Å². The molecule has 2 rings (SSSR count). The predicted octanol–water partition coefficient (Wildman–Crippen LogP) is 3.78. The minimum absolute atomic E-state index is 0.379. The van der Waals surface area contributed by atoms with E-state index in [1.165, 1.54) is 12.3 Å². The van der Waals surface area contributed by atoms with Gasteiger partial charge in [-0.05, 0) is 34.1 Å². The van der Waals surface area contributed by atoms with Crippen LogP contribution in [-0.4, -0.2) is 12.1 Å².